The summed E-state index contributed by atoms with van der Waals surface area (Å²) in [6, 6.07) is 1.29. The standard InChI is InChI=1S/C10H11ClFNO3.ClH/c1-16-8(14)4-7(13)9-6(12)3-2-5(11)10(9)15;/h2-3,7,15H,4,13H2,1H3;1H/t7-;/m0./s1. The van der Waals surface area contributed by atoms with Gasteiger partial charge in [-0.15, -0.1) is 12.4 Å². The van der Waals surface area contributed by atoms with Crippen molar-refractivity contribution < 1.29 is 19.0 Å². The number of methoxy groups -OCH3 is 1. The second-order valence-corrected chi connectivity index (χ2v) is 3.59. The summed E-state index contributed by atoms with van der Waals surface area (Å²) < 4.78 is 17.8. The zero-order chi connectivity index (χ0) is 12.3. The van der Waals surface area contributed by atoms with Crippen LogP contribution in [0.5, 0.6) is 5.75 Å². The number of benzene rings is 1. The first kappa shape index (κ1) is 16.0. The van der Waals surface area contributed by atoms with Crippen molar-refractivity contribution in [1.82, 2.24) is 0 Å². The van der Waals surface area contributed by atoms with Crippen LogP contribution in [0.15, 0.2) is 12.1 Å². The Kier molecular flexibility index (Phi) is 6.23. The van der Waals surface area contributed by atoms with Crippen molar-refractivity contribution in [2.45, 2.75) is 12.5 Å². The highest BCUT2D eigenvalue weighted by atomic mass is 35.5. The van der Waals surface area contributed by atoms with Crippen LogP contribution in [0.1, 0.15) is 18.0 Å². The van der Waals surface area contributed by atoms with E-state index in [0.29, 0.717) is 0 Å². The SMILES string of the molecule is COC(=O)C[C@H](N)c1c(F)ccc(Cl)c1O.Cl. The van der Waals surface area contributed by atoms with Crippen LogP contribution in [-0.2, 0) is 9.53 Å². The average Bonchev–Trinajstić information content (AvgIpc) is 2.24. The molecule has 0 saturated heterocycles. The molecule has 0 heterocycles. The van der Waals surface area contributed by atoms with Gasteiger partial charge in [0, 0.05) is 11.6 Å². The fraction of sp³-hybridized carbons (Fsp3) is 0.300. The first-order valence-electron chi connectivity index (χ1n) is 4.46. The van der Waals surface area contributed by atoms with Crippen molar-refractivity contribution in [2.75, 3.05) is 7.11 Å². The van der Waals surface area contributed by atoms with Gasteiger partial charge in [0.05, 0.1) is 18.6 Å². The molecule has 96 valence electrons. The number of phenols is 1. The van der Waals surface area contributed by atoms with Crippen LogP contribution < -0.4 is 5.73 Å². The van der Waals surface area contributed by atoms with Gasteiger partial charge in [-0.3, -0.25) is 4.79 Å². The minimum Gasteiger partial charge on any atom is -0.506 e. The number of halogens is 3. The molecule has 1 atom stereocenters. The number of esters is 1. The Morgan fingerprint density at radius 2 is 2.24 bits per heavy atom. The van der Waals surface area contributed by atoms with E-state index in [0.717, 1.165) is 6.07 Å². The number of hydrogen-bond acceptors (Lipinski definition) is 4. The molecule has 0 bridgehead atoms. The van der Waals surface area contributed by atoms with Gasteiger partial charge in [0.2, 0.25) is 0 Å². The molecule has 0 aromatic heterocycles. The van der Waals surface area contributed by atoms with Gasteiger partial charge in [-0.25, -0.2) is 4.39 Å². The fourth-order valence-electron chi connectivity index (χ4n) is 1.27. The first-order chi connectivity index (χ1) is 7.47. The number of ether oxygens (including phenoxy) is 1. The fourth-order valence-corrected chi connectivity index (χ4v) is 1.44. The largest absolute Gasteiger partial charge is 0.506 e. The van der Waals surface area contributed by atoms with Gasteiger partial charge in [-0.05, 0) is 12.1 Å². The van der Waals surface area contributed by atoms with Crippen LogP contribution in [-0.4, -0.2) is 18.2 Å². The van der Waals surface area contributed by atoms with Crippen LogP contribution in [0.4, 0.5) is 4.39 Å². The molecule has 0 spiro atoms. The molecule has 0 aliphatic carbocycles. The minimum absolute atomic E-state index is 0. The third-order valence-electron chi connectivity index (χ3n) is 2.10. The van der Waals surface area contributed by atoms with Crippen molar-refractivity contribution in [1.29, 1.82) is 0 Å². The number of hydrogen-bond donors (Lipinski definition) is 2. The lowest BCUT2D eigenvalue weighted by Crippen LogP contribution is -2.17. The zero-order valence-corrected chi connectivity index (χ0v) is 10.5. The van der Waals surface area contributed by atoms with E-state index in [4.69, 9.17) is 17.3 Å². The molecule has 0 saturated carbocycles. The molecule has 17 heavy (non-hydrogen) atoms. The average molecular weight is 284 g/mol. The molecular formula is C10H12Cl2FNO3. The summed E-state index contributed by atoms with van der Waals surface area (Å²) in [4.78, 5) is 11.0. The highest BCUT2D eigenvalue weighted by molar-refractivity contribution is 6.32. The van der Waals surface area contributed by atoms with E-state index in [9.17, 15) is 14.3 Å². The number of rotatable bonds is 3. The Hall–Kier alpha value is -1.04. The molecule has 4 nitrogen and oxygen atoms in total. The van der Waals surface area contributed by atoms with Crippen molar-refractivity contribution in [3.63, 3.8) is 0 Å². The summed E-state index contributed by atoms with van der Waals surface area (Å²) in [7, 11) is 1.20. The van der Waals surface area contributed by atoms with Gasteiger partial charge in [0.25, 0.3) is 0 Å². The highest BCUT2D eigenvalue weighted by Crippen LogP contribution is 2.34. The molecular weight excluding hydrogens is 272 g/mol. The normalized spacial score (nSPS) is 11.5. The summed E-state index contributed by atoms with van der Waals surface area (Å²) in [5.41, 5.74) is 5.40. The Morgan fingerprint density at radius 1 is 1.65 bits per heavy atom. The second-order valence-electron chi connectivity index (χ2n) is 3.18. The van der Waals surface area contributed by atoms with Crippen LogP contribution in [0, 0.1) is 5.82 Å². The van der Waals surface area contributed by atoms with Crippen molar-refractivity contribution in [2.24, 2.45) is 5.73 Å². The Morgan fingerprint density at radius 3 is 2.76 bits per heavy atom. The first-order valence-corrected chi connectivity index (χ1v) is 4.84. The van der Waals surface area contributed by atoms with Crippen molar-refractivity contribution in [3.05, 3.63) is 28.5 Å². The number of carbonyl (C=O) groups is 1. The molecule has 0 aliphatic heterocycles. The van der Waals surface area contributed by atoms with Gasteiger partial charge < -0.3 is 15.6 Å². The summed E-state index contributed by atoms with van der Waals surface area (Å²) in [6.07, 6.45) is -0.235. The number of aromatic hydroxyl groups is 1. The van der Waals surface area contributed by atoms with Crippen LogP contribution in [0.3, 0.4) is 0 Å². The smallest absolute Gasteiger partial charge is 0.307 e. The van der Waals surface area contributed by atoms with Crippen LogP contribution >= 0.6 is 24.0 Å². The van der Waals surface area contributed by atoms with E-state index in [2.05, 4.69) is 4.74 Å². The van der Waals surface area contributed by atoms with E-state index in [-0.39, 0.29) is 29.4 Å². The molecule has 1 aromatic rings. The maximum atomic E-state index is 13.4. The van der Waals surface area contributed by atoms with Gasteiger partial charge >= 0.3 is 5.97 Å². The van der Waals surface area contributed by atoms with E-state index < -0.39 is 23.6 Å². The monoisotopic (exact) mass is 283 g/mol. The molecule has 1 rings (SSSR count). The molecule has 7 heteroatoms. The third kappa shape index (κ3) is 3.73. The van der Waals surface area contributed by atoms with Gasteiger partial charge in [-0.2, -0.15) is 0 Å². The van der Waals surface area contributed by atoms with Gasteiger partial charge in [0.15, 0.2) is 0 Å². The number of carbonyl (C=O) groups excluding carboxylic acids is 1. The van der Waals surface area contributed by atoms with Crippen molar-refractivity contribution in [3.8, 4) is 5.75 Å². The van der Waals surface area contributed by atoms with Gasteiger partial charge in [0.1, 0.15) is 11.6 Å². The van der Waals surface area contributed by atoms with Crippen molar-refractivity contribution >= 4 is 30.0 Å². The van der Waals surface area contributed by atoms with Gasteiger partial charge in [-0.1, -0.05) is 11.6 Å². The number of nitrogens with two attached hydrogens (primary N) is 1. The van der Waals surface area contributed by atoms with Crippen LogP contribution in [0.25, 0.3) is 0 Å². The van der Waals surface area contributed by atoms with E-state index in [1.807, 2.05) is 0 Å². The maximum Gasteiger partial charge on any atom is 0.307 e. The summed E-state index contributed by atoms with van der Waals surface area (Å²) in [5, 5.41) is 9.51. The lowest BCUT2D eigenvalue weighted by molar-refractivity contribution is -0.141. The summed E-state index contributed by atoms with van der Waals surface area (Å²) in [6.45, 7) is 0. The van der Waals surface area contributed by atoms with E-state index >= 15 is 0 Å². The predicted octanol–water partition coefficient (Wildman–Crippen LogP) is 2.17. The molecule has 0 unspecified atom stereocenters. The molecule has 0 fully saturated rings. The topological polar surface area (TPSA) is 72.5 Å². The highest BCUT2D eigenvalue weighted by Gasteiger charge is 2.21. The Bertz CT molecular complexity index is 415. The summed E-state index contributed by atoms with van der Waals surface area (Å²) in [5.74, 6) is -1.75. The Balaban J connectivity index is 0.00000256. The maximum absolute atomic E-state index is 13.4. The number of phenolic OH excluding ortho intramolecular Hbond substituents is 1. The third-order valence-corrected chi connectivity index (χ3v) is 2.40. The zero-order valence-electron chi connectivity index (χ0n) is 8.94. The lowest BCUT2D eigenvalue weighted by Gasteiger charge is -2.14. The second kappa shape index (κ2) is 6.64. The molecule has 3 N–H and O–H groups in total. The van der Waals surface area contributed by atoms with E-state index in [1.54, 1.807) is 0 Å². The Labute approximate surface area is 109 Å². The van der Waals surface area contributed by atoms with Crippen LogP contribution in [0.2, 0.25) is 5.02 Å². The molecule has 1 aromatic carbocycles. The molecule has 0 aliphatic rings. The predicted molar refractivity (Wildman–Crippen MR) is 63.9 cm³/mol. The van der Waals surface area contributed by atoms with E-state index in [1.165, 1.54) is 13.2 Å². The summed E-state index contributed by atoms with van der Waals surface area (Å²) >= 11 is 5.61. The molecule has 0 radical (unpaired) electrons. The minimum atomic E-state index is -0.994. The molecule has 0 amide bonds. The lowest BCUT2D eigenvalue weighted by atomic mass is 10.0. The quantitative estimate of drug-likeness (QED) is 0.834.